The highest BCUT2D eigenvalue weighted by molar-refractivity contribution is 5.49. The fraction of sp³-hybridized carbons (Fsp3) is 0.786. The van der Waals surface area contributed by atoms with Gasteiger partial charge in [-0.15, -0.1) is 0 Å². The predicted molar refractivity (Wildman–Crippen MR) is 64.9 cm³/mol. The number of allylic oxidation sites excluding steroid dienone is 2. The maximum absolute atomic E-state index is 10.3. The SMILES string of the molecule is CCCCCC1CC=C(CCC=O)CC1. The average molecular weight is 208 g/mol. The second-order valence-electron chi connectivity index (χ2n) is 4.70. The number of carbonyl (C=O) groups excluding carboxylic acids is 1. The van der Waals surface area contributed by atoms with Gasteiger partial charge in [0, 0.05) is 6.42 Å². The first kappa shape index (κ1) is 12.5. The van der Waals surface area contributed by atoms with Crippen molar-refractivity contribution in [3.8, 4) is 0 Å². The van der Waals surface area contributed by atoms with Crippen LogP contribution in [0.15, 0.2) is 11.6 Å². The Bertz CT molecular complexity index is 205. The highest BCUT2D eigenvalue weighted by Gasteiger charge is 2.13. The zero-order valence-corrected chi connectivity index (χ0v) is 10.0. The summed E-state index contributed by atoms with van der Waals surface area (Å²) in [5, 5.41) is 0. The summed E-state index contributed by atoms with van der Waals surface area (Å²) in [7, 11) is 0. The molecule has 0 heterocycles. The van der Waals surface area contributed by atoms with Crippen LogP contribution in [0.3, 0.4) is 0 Å². The van der Waals surface area contributed by atoms with E-state index in [1.54, 1.807) is 0 Å². The molecule has 0 amide bonds. The van der Waals surface area contributed by atoms with E-state index in [2.05, 4.69) is 13.0 Å². The van der Waals surface area contributed by atoms with E-state index in [9.17, 15) is 4.79 Å². The Morgan fingerprint density at radius 1 is 1.47 bits per heavy atom. The lowest BCUT2D eigenvalue weighted by molar-refractivity contribution is -0.107. The van der Waals surface area contributed by atoms with Gasteiger partial charge in [0.25, 0.3) is 0 Å². The summed E-state index contributed by atoms with van der Waals surface area (Å²) in [5.74, 6) is 0.927. The van der Waals surface area contributed by atoms with Gasteiger partial charge in [-0.1, -0.05) is 44.3 Å². The zero-order valence-electron chi connectivity index (χ0n) is 10.0. The quantitative estimate of drug-likeness (QED) is 0.347. The highest BCUT2D eigenvalue weighted by Crippen LogP contribution is 2.29. The third kappa shape index (κ3) is 5.15. The lowest BCUT2D eigenvalue weighted by Gasteiger charge is -2.21. The first-order valence-corrected chi connectivity index (χ1v) is 6.48. The van der Waals surface area contributed by atoms with Crippen LogP contribution in [0.25, 0.3) is 0 Å². The van der Waals surface area contributed by atoms with Crippen molar-refractivity contribution in [1.29, 1.82) is 0 Å². The van der Waals surface area contributed by atoms with Gasteiger partial charge in [0.15, 0.2) is 0 Å². The fourth-order valence-corrected chi connectivity index (χ4v) is 2.36. The number of hydrogen-bond acceptors (Lipinski definition) is 1. The number of unbranched alkanes of at least 4 members (excludes halogenated alkanes) is 2. The molecule has 0 saturated heterocycles. The van der Waals surface area contributed by atoms with Crippen LogP contribution in [0, 0.1) is 5.92 Å². The molecular weight excluding hydrogens is 184 g/mol. The van der Waals surface area contributed by atoms with Crippen LogP contribution in [0.2, 0.25) is 0 Å². The van der Waals surface area contributed by atoms with E-state index in [0.717, 1.165) is 18.6 Å². The Morgan fingerprint density at radius 3 is 2.93 bits per heavy atom. The Balaban J connectivity index is 2.15. The van der Waals surface area contributed by atoms with Gasteiger partial charge in [-0.2, -0.15) is 0 Å². The minimum absolute atomic E-state index is 0.715. The average Bonchev–Trinajstić information content (AvgIpc) is 2.28. The molecular formula is C14H24O. The Morgan fingerprint density at radius 2 is 2.33 bits per heavy atom. The minimum Gasteiger partial charge on any atom is -0.303 e. The van der Waals surface area contributed by atoms with E-state index in [-0.39, 0.29) is 0 Å². The highest BCUT2D eigenvalue weighted by atomic mass is 16.1. The lowest BCUT2D eigenvalue weighted by atomic mass is 9.85. The number of rotatable bonds is 7. The first-order chi connectivity index (χ1) is 7.36. The Kier molecular flexibility index (Phi) is 6.38. The van der Waals surface area contributed by atoms with Crippen molar-refractivity contribution in [2.75, 3.05) is 0 Å². The second-order valence-corrected chi connectivity index (χ2v) is 4.70. The molecule has 0 aromatic rings. The molecule has 0 saturated carbocycles. The molecule has 15 heavy (non-hydrogen) atoms. The maximum atomic E-state index is 10.3. The van der Waals surface area contributed by atoms with Crippen LogP contribution in [-0.2, 0) is 4.79 Å². The van der Waals surface area contributed by atoms with E-state index in [0.29, 0.717) is 6.42 Å². The molecule has 0 aromatic carbocycles. The molecule has 0 aliphatic heterocycles. The van der Waals surface area contributed by atoms with Gasteiger partial charge in [0.2, 0.25) is 0 Å². The summed E-state index contributed by atoms with van der Waals surface area (Å²) in [6.07, 6.45) is 14.5. The number of aldehydes is 1. The first-order valence-electron chi connectivity index (χ1n) is 6.48. The fourth-order valence-electron chi connectivity index (χ4n) is 2.36. The molecule has 86 valence electrons. The summed E-state index contributed by atoms with van der Waals surface area (Å²) in [5.41, 5.74) is 1.52. The monoisotopic (exact) mass is 208 g/mol. The van der Waals surface area contributed by atoms with E-state index >= 15 is 0 Å². The van der Waals surface area contributed by atoms with Crippen molar-refractivity contribution >= 4 is 6.29 Å². The number of carbonyl (C=O) groups is 1. The van der Waals surface area contributed by atoms with Gasteiger partial charge >= 0.3 is 0 Å². The Hall–Kier alpha value is -0.590. The van der Waals surface area contributed by atoms with E-state index in [1.165, 1.54) is 50.5 Å². The lowest BCUT2D eigenvalue weighted by Crippen LogP contribution is -2.06. The number of hydrogen-bond donors (Lipinski definition) is 0. The van der Waals surface area contributed by atoms with Crippen LogP contribution in [0.5, 0.6) is 0 Å². The molecule has 1 unspecified atom stereocenters. The molecule has 1 nitrogen and oxygen atoms in total. The molecule has 0 bridgehead atoms. The molecule has 1 heteroatoms. The molecule has 0 radical (unpaired) electrons. The van der Waals surface area contributed by atoms with E-state index in [1.807, 2.05) is 0 Å². The van der Waals surface area contributed by atoms with Crippen molar-refractivity contribution < 1.29 is 4.79 Å². The minimum atomic E-state index is 0.715. The molecule has 0 N–H and O–H groups in total. The van der Waals surface area contributed by atoms with Gasteiger partial charge in [-0.3, -0.25) is 0 Å². The third-order valence-electron chi connectivity index (χ3n) is 3.41. The maximum Gasteiger partial charge on any atom is 0.120 e. The normalized spacial score (nSPS) is 21.1. The summed E-state index contributed by atoms with van der Waals surface area (Å²) >= 11 is 0. The van der Waals surface area contributed by atoms with Crippen LogP contribution in [0.1, 0.15) is 64.7 Å². The summed E-state index contributed by atoms with van der Waals surface area (Å²) < 4.78 is 0. The van der Waals surface area contributed by atoms with Gasteiger partial charge in [0.1, 0.15) is 6.29 Å². The molecule has 1 aliphatic carbocycles. The van der Waals surface area contributed by atoms with Gasteiger partial charge in [-0.25, -0.2) is 0 Å². The van der Waals surface area contributed by atoms with Crippen molar-refractivity contribution in [1.82, 2.24) is 0 Å². The van der Waals surface area contributed by atoms with Crippen molar-refractivity contribution in [2.24, 2.45) is 5.92 Å². The largest absolute Gasteiger partial charge is 0.303 e. The molecule has 1 aliphatic rings. The van der Waals surface area contributed by atoms with Crippen molar-refractivity contribution in [3.05, 3.63) is 11.6 Å². The van der Waals surface area contributed by atoms with Crippen LogP contribution in [0.4, 0.5) is 0 Å². The van der Waals surface area contributed by atoms with E-state index in [4.69, 9.17) is 0 Å². The van der Waals surface area contributed by atoms with Crippen LogP contribution < -0.4 is 0 Å². The standard InChI is InChI=1S/C14H24O/c1-2-3-4-6-13-8-10-14(11-9-13)7-5-12-15/h10,12-13H,2-9,11H2,1H3. The zero-order chi connectivity index (χ0) is 10.9. The van der Waals surface area contributed by atoms with E-state index < -0.39 is 0 Å². The third-order valence-corrected chi connectivity index (χ3v) is 3.41. The summed E-state index contributed by atoms with van der Waals surface area (Å²) in [6.45, 7) is 2.26. The topological polar surface area (TPSA) is 17.1 Å². The smallest absolute Gasteiger partial charge is 0.120 e. The van der Waals surface area contributed by atoms with Gasteiger partial charge < -0.3 is 4.79 Å². The molecule has 0 fully saturated rings. The van der Waals surface area contributed by atoms with Crippen molar-refractivity contribution in [2.45, 2.75) is 64.7 Å². The summed E-state index contributed by atoms with van der Waals surface area (Å²) in [6, 6.07) is 0. The molecule has 1 rings (SSSR count). The van der Waals surface area contributed by atoms with Crippen LogP contribution in [-0.4, -0.2) is 6.29 Å². The molecule has 1 atom stereocenters. The Labute approximate surface area is 93.9 Å². The van der Waals surface area contributed by atoms with Crippen LogP contribution >= 0.6 is 0 Å². The molecule has 0 spiro atoms. The van der Waals surface area contributed by atoms with Gasteiger partial charge in [-0.05, 0) is 31.6 Å². The molecule has 0 aromatic heterocycles. The van der Waals surface area contributed by atoms with Gasteiger partial charge in [0.05, 0.1) is 0 Å². The summed E-state index contributed by atoms with van der Waals surface area (Å²) in [4.78, 5) is 10.3. The predicted octanol–water partition coefficient (Wildman–Crippen LogP) is 4.27. The second kappa shape index (κ2) is 7.67. The van der Waals surface area contributed by atoms with Crippen molar-refractivity contribution in [3.63, 3.8) is 0 Å².